The van der Waals surface area contributed by atoms with Crippen LogP contribution in [0.25, 0.3) is 21.7 Å². The molecular formula is C14H9NO3. The van der Waals surface area contributed by atoms with Gasteiger partial charge < -0.3 is 10.1 Å². The molecule has 4 nitrogen and oxygen atoms in total. The largest absolute Gasteiger partial charge is 0.477 e. The second-order valence-corrected chi connectivity index (χ2v) is 4.05. The lowest BCUT2D eigenvalue weighted by Gasteiger charge is -1.98. The van der Waals surface area contributed by atoms with Crippen molar-refractivity contribution in [1.82, 2.24) is 4.98 Å². The van der Waals surface area contributed by atoms with Gasteiger partial charge in [-0.1, -0.05) is 36.4 Å². The third-order valence-electron chi connectivity index (χ3n) is 3.07. The average Bonchev–Trinajstić information content (AvgIpc) is 2.77. The first-order chi connectivity index (χ1) is 8.72. The Morgan fingerprint density at radius 2 is 1.89 bits per heavy atom. The van der Waals surface area contributed by atoms with Crippen molar-refractivity contribution >= 4 is 33.9 Å². The van der Waals surface area contributed by atoms with Crippen molar-refractivity contribution in [2.45, 2.75) is 0 Å². The summed E-state index contributed by atoms with van der Waals surface area (Å²) < 4.78 is 0. The molecule has 1 heterocycles. The van der Waals surface area contributed by atoms with Crippen LogP contribution in [0.2, 0.25) is 0 Å². The second-order valence-electron chi connectivity index (χ2n) is 4.05. The zero-order valence-electron chi connectivity index (χ0n) is 9.31. The minimum Gasteiger partial charge on any atom is -0.477 e. The number of nitrogens with one attached hydrogen (secondary N) is 1. The summed E-state index contributed by atoms with van der Waals surface area (Å²) in [4.78, 5) is 25.0. The Bertz CT molecular complexity index is 786. The molecular weight excluding hydrogens is 230 g/mol. The third kappa shape index (κ3) is 1.32. The van der Waals surface area contributed by atoms with Crippen LogP contribution in [0.1, 0.15) is 20.8 Å². The summed E-state index contributed by atoms with van der Waals surface area (Å²) in [5.41, 5.74) is 0.826. The number of aromatic nitrogens is 1. The number of hydrogen-bond donors (Lipinski definition) is 2. The number of aromatic carboxylic acids is 1. The molecule has 0 radical (unpaired) electrons. The lowest BCUT2D eigenvalue weighted by molar-refractivity contribution is 0.0688. The number of hydrogen-bond acceptors (Lipinski definition) is 2. The van der Waals surface area contributed by atoms with Crippen molar-refractivity contribution in [3.8, 4) is 0 Å². The van der Waals surface area contributed by atoms with Crippen LogP contribution in [-0.2, 0) is 0 Å². The zero-order valence-corrected chi connectivity index (χ0v) is 9.31. The first-order valence-corrected chi connectivity index (χ1v) is 5.44. The lowest BCUT2D eigenvalue weighted by atomic mass is 10.1. The minimum atomic E-state index is -1.13. The molecule has 0 aliphatic rings. The summed E-state index contributed by atoms with van der Waals surface area (Å²) >= 11 is 0. The molecule has 0 atom stereocenters. The summed E-state index contributed by atoms with van der Waals surface area (Å²) in [5, 5.41) is 11.6. The highest BCUT2D eigenvalue weighted by molar-refractivity contribution is 6.15. The Morgan fingerprint density at radius 3 is 2.61 bits per heavy atom. The van der Waals surface area contributed by atoms with Crippen LogP contribution in [0.15, 0.2) is 36.4 Å². The van der Waals surface area contributed by atoms with Gasteiger partial charge in [0.1, 0.15) is 5.69 Å². The lowest BCUT2D eigenvalue weighted by Crippen LogP contribution is -2.00. The number of aromatic amines is 1. The first-order valence-electron chi connectivity index (χ1n) is 5.44. The van der Waals surface area contributed by atoms with E-state index in [1.54, 1.807) is 6.07 Å². The number of carboxylic acids is 1. The molecule has 2 N–H and O–H groups in total. The van der Waals surface area contributed by atoms with E-state index in [1.807, 2.05) is 30.3 Å². The number of benzene rings is 2. The predicted octanol–water partition coefficient (Wildman–Crippen LogP) is 2.83. The molecule has 2 aromatic carbocycles. The van der Waals surface area contributed by atoms with Crippen molar-refractivity contribution < 1.29 is 14.7 Å². The zero-order chi connectivity index (χ0) is 12.7. The number of carbonyl (C=O) groups is 2. The summed E-state index contributed by atoms with van der Waals surface area (Å²) in [6.45, 7) is 0. The Kier molecular flexibility index (Phi) is 2.16. The molecule has 1 aromatic heterocycles. The van der Waals surface area contributed by atoms with Gasteiger partial charge in [-0.15, -0.1) is 0 Å². The number of H-pyrrole nitrogens is 1. The van der Waals surface area contributed by atoms with E-state index in [0.717, 1.165) is 10.8 Å². The first kappa shape index (κ1) is 10.5. The highest BCUT2D eigenvalue weighted by Crippen LogP contribution is 2.28. The molecule has 0 unspecified atom stereocenters. The van der Waals surface area contributed by atoms with Gasteiger partial charge in [-0.3, -0.25) is 4.79 Å². The number of aldehydes is 1. The van der Waals surface area contributed by atoms with E-state index in [4.69, 9.17) is 5.11 Å². The van der Waals surface area contributed by atoms with Gasteiger partial charge in [-0.25, -0.2) is 4.79 Å². The third-order valence-corrected chi connectivity index (χ3v) is 3.07. The van der Waals surface area contributed by atoms with Crippen LogP contribution in [0.3, 0.4) is 0 Å². The summed E-state index contributed by atoms with van der Waals surface area (Å²) in [7, 11) is 0. The summed E-state index contributed by atoms with van der Waals surface area (Å²) in [6.07, 6.45) is 0.580. The fraction of sp³-hybridized carbons (Fsp3) is 0. The summed E-state index contributed by atoms with van der Waals surface area (Å²) in [6, 6.07) is 11.3. The molecule has 18 heavy (non-hydrogen) atoms. The SMILES string of the molecule is O=Cc1c(C(=O)O)[nH]c2c1ccc1ccccc12. The Hall–Kier alpha value is -2.62. The topological polar surface area (TPSA) is 70.2 Å². The van der Waals surface area contributed by atoms with Crippen LogP contribution in [0.4, 0.5) is 0 Å². The van der Waals surface area contributed by atoms with Crippen LogP contribution in [0.5, 0.6) is 0 Å². The smallest absolute Gasteiger partial charge is 0.353 e. The molecule has 4 heteroatoms. The average molecular weight is 239 g/mol. The Labute approximate surface area is 102 Å². The van der Waals surface area contributed by atoms with E-state index in [-0.39, 0.29) is 11.3 Å². The highest BCUT2D eigenvalue weighted by Gasteiger charge is 2.17. The van der Waals surface area contributed by atoms with Crippen molar-refractivity contribution in [2.24, 2.45) is 0 Å². The number of rotatable bonds is 2. The number of carbonyl (C=O) groups excluding carboxylic acids is 1. The molecule has 0 aliphatic carbocycles. The van der Waals surface area contributed by atoms with E-state index < -0.39 is 5.97 Å². The molecule has 0 spiro atoms. The molecule has 3 aromatic rings. The van der Waals surface area contributed by atoms with Crippen LogP contribution >= 0.6 is 0 Å². The van der Waals surface area contributed by atoms with E-state index in [2.05, 4.69) is 4.98 Å². The number of carboxylic acid groups (broad SMARTS) is 1. The monoisotopic (exact) mass is 239 g/mol. The minimum absolute atomic E-state index is 0.0589. The van der Waals surface area contributed by atoms with Gasteiger partial charge in [0.15, 0.2) is 6.29 Å². The molecule has 0 saturated heterocycles. The van der Waals surface area contributed by atoms with Gasteiger partial charge in [-0.2, -0.15) is 0 Å². The highest BCUT2D eigenvalue weighted by atomic mass is 16.4. The predicted molar refractivity (Wildman–Crippen MR) is 68.2 cm³/mol. The summed E-state index contributed by atoms with van der Waals surface area (Å²) in [5.74, 6) is -1.13. The van der Waals surface area contributed by atoms with Gasteiger partial charge in [-0.05, 0) is 5.39 Å². The van der Waals surface area contributed by atoms with Gasteiger partial charge in [0, 0.05) is 10.8 Å². The quantitative estimate of drug-likeness (QED) is 0.675. The maximum atomic E-state index is 11.1. The molecule has 0 aliphatic heterocycles. The van der Waals surface area contributed by atoms with Gasteiger partial charge in [0.05, 0.1) is 11.1 Å². The Balaban J connectivity index is 2.53. The van der Waals surface area contributed by atoms with Gasteiger partial charge in [0.25, 0.3) is 0 Å². The van der Waals surface area contributed by atoms with E-state index in [1.165, 1.54) is 0 Å². The second kappa shape index (κ2) is 3.70. The fourth-order valence-corrected chi connectivity index (χ4v) is 2.25. The van der Waals surface area contributed by atoms with Crippen LogP contribution in [-0.4, -0.2) is 22.3 Å². The molecule has 3 rings (SSSR count). The van der Waals surface area contributed by atoms with Crippen molar-refractivity contribution in [2.75, 3.05) is 0 Å². The van der Waals surface area contributed by atoms with Crippen molar-refractivity contribution in [1.29, 1.82) is 0 Å². The van der Waals surface area contributed by atoms with Crippen LogP contribution in [0, 0.1) is 0 Å². The molecule has 88 valence electrons. The molecule has 0 fully saturated rings. The maximum Gasteiger partial charge on any atom is 0.353 e. The van der Waals surface area contributed by atoms with Gasteiger partial charge >= 0.3 is 5.97 Å². The van der Waals surface area contributed by atoms with Crippen molar-refractivity contribution in [3.63, 3.8) is 0 Å². The van der Waals surface area contributed by atoms with Gasteiger partial charge in [0.2, 0.25) is 0 Å². The number of fused-ring (bicyclic) bond motifs is 3. The van der Waals surface area contributed by atoms with E-state index in [9.17, 15) is 9.59 Å². The molecule has 0 bridgehead atoms. The fourth-order valence-electron chi connectivity index (χ4n) is 2.25. The standard InChI is InChI=1S/C14H9NO3/c16-7-11-10-6-5-8-3-1-2-4-9(8)12(10)15-13(11)14(17)18/h1-7,15H,(H,17,18). The maximum absolute atomic E-state index is 11.1. The molecule has 0 saturated carbocycles. The van der Waals surface area contributed by atoms with Crippen LogP contribution < -0.4 is 0 Å². The van der Waals surface area contributed by atoms with E-state index >= 15 is 0 Å². The van der Waals surface area contributed by atoms with E-state index in [0.29, 0.717) is 17.2 Å². The van der Waals surface area contributed by atoms with Crippen molar-refractivity contribution in [3.05, 3.63) is 47.7 Å². The molecule has 0 amide bonds. The Morgan fingerprint density at radius 1 is 1.11 bits per heavy atom. The normalized spacial score (nSPS) is 10.9.